The molecule has 3 nitrogen and oxygen atoms in total. The third-order valence-electron chi connectivity index (χ3n) is 4.18. The van der Waals surface area contributed by atoms with Crippen molar-refractivity contribution in [2.75, 3.05) is 7.11 Å². The molecule has 3 heteroatoms. The topological polar surface area (TPSA) is 38.3 Å². The van der Waals surface area contributed by atoms with E-state index < -0.39 is 0 Å². The average Bonchev–Trinajstić information content (AvgIpc) is 2.91. The number of amides is 1. The predicted molar refractivity (Wildman–Crippen MR) is 80.9 cm³/mol. The summed E-state index contributed by atoms with van der Waals surface area (Å²) in [7, 11) is 1.67. The van der Waals surface area contributed by atoms with Crippen LogP contribution in [0.3, 0.4) is 0 Å². The molecule has 1 atom stereocenters. The normalized spacial score (nSPS) is 16.9. The third-order valence-corrected chi connectivity index (χ3v) is 4.18. The molecule has 1 aromatic rings. The van der Waals surface area contributed by atoms with Crippen molar-refractivity contribution in [2.24, 2.45) is 5.92 Å². The molecule has 1 aromatic carbocycles. The summed E-state index contributed by atoms with van der Waals surface area (Å²) in [5, 5.41) is 3.11. The minimum absolute atomic E-state index is 0.0150. The standard InChI is InChI=1S/C17H25NO2/c1-12-8-9-16(20-3)15(10-12)13(2)18-17(19)11-14-6-4-5-7-14/h8-10,13-14H,4-7,11H2,1-3H3,(H,18,19). The van der Waals surface area contributed by atoms with Gasteiger partial charge in [0.05, 0.1) is 13.2 Å². The maximum Gasteiger partial charge on any atom is 0.220 e. The van der Waals surface area contributed by atoms with Crippen LogP contribution in [0.15, 0.2) is 18.2 Å². The summed E-state index contributed by atoms with van der Waals surface area (Å²) in [6, 6.07) is 6.05. The van der Waals surface area contributed by atoms with Crippen LogP contribution >= 0.6 is 0 Å². The summed E-state index contributed by atoms with van der Waals surface area (Å²) in [6.45, 7) is 4.07. The first-order chi connectivity index (χ1) is 9.60. The first kappa shape index (κ1) is 14.9. The molecule has 0 bridgehead atoms. The number of benzene rings is 1. The van der Waals surface area contributed by atoms with Crippen molar-refractivity contribution >= 4 is 5.91 Å². The first-order valence-electron chi connectivity index (χ1n) is 7.54. The lowest BCUT2D eigenvalue weighted by Gasteiger charge is -2.19. The first-order valence-corrected chi connectivity index (χ1v) is 7.54. The van der Waals surface area contributed by atoms with Crippen LogP contribution in [0.1, 0.15) is 56.2 Å². The minimum Gasteiger partial charge on any atom is -0.496 e. The molecular weight excluding hydrogens is 250 g/mol. The van der Waals surface area contributed by atoms with Gasteiger partial charge in [-0.1, -0.05) is 30.5 Å². The molecule has 0 heterocycles. The average molecular weight is 275 g/mol. The highest BCUT2D eigenvalue weighted by atomic mass is 16.5. The Balaban J connectivity index is 1.98. The predicted octanol–water partition coefficient (Wildman–Crippen LogP) is 3.76. The molecule has 1 fully saturated rings. The van der Waals surface area contributed by atoms with Gasteiger partial charge in [-0.2, -0.15) is 0 Å². The van der Waals surface area contributed by atoms with E-state index >= 15 is 0 Å². The molecule has 2 rings (SSSR count). The summed E-state index contributed by atoms with van der Waals surface area (Å²) < 4.78 is 5.39. The second-order valence-corrected chi connectivity index (χ2v) is 5.89. The molecule has 20 heavy (non-hydrogen) atoms. The fraction of sp³-hybridized carbons (Fsp3) is 0.588. The lowest BCUT2D eigenvalue weighted by molar-refractivity contribution is -0.122. The van der Waals surface area contributed by atoms with E-state index in [9.17, 15) is 4.79 Å². The Morgan fingerprint density at radius 2 is 2.10 bits per heavy atom. The number of nitrogens with one attached hydrogen (secondary N) is 1. The second kappa shape index (κ2) is 6.78. The molecule has 0 spiro atoms. The highest BCUT2D eigenvalue weighted by Gasteiger charge is 2.20. The van der Waals surface area contributed by atoms with Gasteiger partial charge in [0.1, 0.15) is 5.75 Å². The van der Waals surface area contributed by atoms with Crippen molar-refractivity contribution in [1.82, 2.24) is 5.32 Å². The van der Waals surface area contributed by atoms with Gasteiger partial charge in [0.25, 0.3) is 0 Å². The van der Waals surface area contributed by atoms with Crippen LogP contribution in [-0.4, -0.2) is 13.0 Å². The van der Waals surface area contributed by atoms with Crippen LogP contribution < -0.4 is 10.1 Å². The zero-order valence-electron chi connectivity index (χ0n) is 12.7. The molecule has 0 radical (unpaired) electrons. The number of carbonyl (C=O) groups is 1. The van der Waals surface area contributed by atoms with E-state index in [0.717, 1.165) is 11.3 Å². The van der Waals surface area contributed by atoms with E-state index in [1.165, 1.54) is 31.2 Å². The van der Waals surface area contributed by atoms with Crippen molar-refractivity contribution in [1.29, 1.82) is 0 Å². The summed E-state index contributed by atoms with van der Waals surface area (Å²) in [5.74, 6) is 1.58. The molecule has 1 amide bonds. The zero-order valence-corrected chi connectivity index (χ0v) is 12.7. The Hall–Kier alpha value is -1.51. The molecule has 0 aromatic heterocycles. The van der Waals surface area contributed by atoms with Crippen LogP contribution in [0.25, 0.3) is 0 Å². The fourth-order valence-corrected chi connectivity index (χ4v) is 3.05. The van der Waals surface area contributed by atoms with E-state index in [1.807, 2.05) is 19.1 Å². The number of aryl methyl sites for hydroxylation is 1. The highest BCUT2D eigenvalue weighted by Crippen LogP contribution is 2.29. The molecule has 1 aliphatic rings. The van der Waals surface area contributed by atoms with Crippen molar-refractivity contribution in [3.8, 4) is 5.75 Å². The molecule has 1 saturated carbocycles. The van der Waals surface area contributed by atoms with E-state index in [1.54, 1.807) is 7.11 Å². The maximum atomic E-state index is 12.1. The number of methoxy groups -OCH3 is 1. The van der Waals surface area contributed by atoms with Gasteiger partial charge in [-0.05, 0) is 38.7 Å². The Kier molecular flexibility index (Phi) is 5.05. The largest absolute Gasteiger partial charge is 0.496 e. The van der Waals surface area contributed by atoms with E-state index in [4.69, 9.17) is 4.74 Å². The molecule has 1 unspecified atom stereocenters. The number of carbonyl (C=O) groups excluding carboxylic acids is 1. The molecule has 1 aliphatic carbocycles. The van der Waals surface area contributed by atoms with Crippen LogP contribution in [0.5, 0.6) is 5.75 Å². The van der Waals surface area contributed by atoms with Crippen molar-refractivity contribution < 1.29 is 9.53 Å². The van der Waals surface area contributed by atoms with Gasteiger partial charge < -0.3 is 10.1 Å². The number of hydrogen-bond donors (Lipinski definition) is 1. The van der Waals surface area contributed by atoms with Gasteiger partial charge in [-0.15, -0.1) is 0 Å². The molecule has 110 valence electrons. The third kappa shape index (κ3) is 3.75. The van der Waals surface area contributed by atoms with E-state index in [2.05, 4.69) is 18.3 Å². The summed E-state index contributed by atoms with van der Waals surface area (Å²) >= 11 is 0. The van der Waals surface area contributed by atoms with Gasteiger partial charge in [-0.25, -0.2) is 0 Å². The Bertz CT molecular complexity index is 464. The minimum atomic E-state index is -0.0150. The molecule has 0 saturated heterocycles. The monoisotopic (exact) mass is 275 g/mol. The molecule has 0 aliphatic heterocycles. The maximum absolute atomic E-state index is 12.1. The summed E-state index contributed by atoms with van der Waals surface area (Å²) in [6.07, 6.45) is 5.63. The van der Waals surface area contributed by atoms with Crippen molar-refractivity contribution in [2.45, 2.75) is 52.0 Å². The fourth-order valence-electron chi connectivity index (χ4n) is 3.05. The summed E-state index contributed by atoms with van der Waals surface area (Å²) in [5.41, 5.74) is 2.23. The zero-order chi connectivity index (χ0) is 14.5. The SMILES string of the molecule is COc1ccc(C)cc1C(C)NC(=O)CC1CCCC1. The Morgan fingerprint density at radius 3 is 2.75 bits per heavy atom. The molecular formula is C17H25NO2. The smallest absolute Gasteiger partial charge is 0.220 e. The van der Waals surface area contributed by atoms with Crippen molar-refractivity contribution in [3.05, 3.63) is 29.3 Å². The van der Waals surface area contributed by atoms with Gasteiger partial charge >= 0.3 is 0 Å². The van der Waals surface area contributed by atoms with E-state index in [-0.39, 0.29) is 11.9 Å². The quantitative estimate of drug-likeness (QED) is 0.888. The number of ether oxygens (including phenoxy) is 1. The van der Waals surface area contributed by atoms with Crippen LogP contribution in [0.4, 0.5) is 0 Å². The van der Waals surface area contributed by atoms with Gasteiger partial charge in [0, 0.05) is 12.0 Å². The van der Waals surface area contributed by atoms with E-state index in [0.29, 0.717) is 12.3 Å². The van der Waals surface area contributed by atoms with Crippen LogP contribution in [0.2, 0.25) is 0 Å². The Labute approximate surface area is 121 Å². The van der Waals surface area contributed by atoms with Gasteiger partial charge in [-0.3, -0.25) is 4.79 Å². The number of hydrogen-bond acceptors (Lipinski definition) is 2. The lowest BCUT2D eigenvalue weighted by Crippen LogP contribution is -2.28. The van der Waals surface area contributed by atoms with Crippen molar-refractivity contribution in [3.63, 3.8) is 0 Å². The lowest BCUT2D eigenvalue weighted by atomic mass is 10.0. The van der Waals surface area contributed by atoms with Gasteiger partial charge in [0.2, 0.25) is 5.91 Å². The second-order valence-electron chi connectivity index (χ2n) is 5.89. The van der Waals surface area contributed by atoms with Gasteiger partial charge in [0.15, 0.2) is 0 Å². The van der Waals surface area contributed by atoms with Crippen LogP contribution in [-0.2, 0) is 4.79 Å². The summed E-state index contributed by atoms with van der Waals surface area (Å²) in [4.78, 5) is 12.1. The number of rotatable bonds is 5. The van der Waals surface area contributed by atoms with Crippen LogP contribution in [0, 0.1) is 12.8 Å². The molecule has 1 N–H and O–H groups in total. The highest BCUT2D eigenvalue weighted by molar-refractivity contribution is 5.76. The Morgan fingerprint density at radius 1 is 1.40 bits per heavy atom.